The normalized spacial score (nSPS) is 9.43. The molecular weight excluding hydrogens is 462 g/mol. The second-order valence-corrected chi connectivity index (χ2v) is 77.6. The second-order valence-electron chi connectivity index (χ2n) is 0.429. The van der Waals surface area contributed by atoms with Crippen molar-refractivity contribution in [3.8, 4) is 0 Å². The number of rotatable bonds is 0. The molecule has 0 aliphatic carbocycles. The van der Waals surface area contributed by atoms with Crippen molar-refractivity contribution in [3.63, 3.8) is 0 Å². The van der Waals surface area contributed by atoms with Crippen LogP contribution >= 0.6 is 50.8 Å². The number of halogens is 4. The molecule has 0 unspecified atom stereocenters. The van der Waals surface area contributed by atoms with E-state index in [0.29, 0.717) is 0 Å². The van der Waals surface area contributed by atoms with Crippen LogP contribution in [0, 0.1) is 0 Å². The van der Waals surface area contributed by atoms with Crippen molar-refractivity contribution in [2.75, 3.05) is 0 Å². The van der Waals surface area contributed by atoms with Crippen LogP contribution in [0.1, 0.15) is 13.8 Å². The van der Waals surface area contributed by atoms with Gasteiger partial charge >= 0.3 is 60.3 Å². The van der Waals surface area contributed by atoms with Gasteiger partial charge < -0.3 is 0 Å². The zero-order valence-electron chi connectivity index (χ0n) is 4.01. The summed E-state index contributed by atoms with van der Waals surface area (Å²) in [5, 5.41) is 0. The maximum absolute atomic E-state index is 3.34. The second kappa shape index (κ2) is 6.83. The molecule has 0 heterocycles. The molecule has 0 aromatic carbocycles. The Morgan fingerprint density at radius 2 is 0.857 bits per heavy atom. The molecule has 0 aromatic heterocycles. The summed E-state index contributed by atoms with van der Waals surface area (Å²) in [6.07, 6.45) is 0. The summed E-state index contributed by atoms with van der Waals surface area (Å²) in [6.45, 7) is 4.00. The van der Waals surface area contributed by atoms with Crippen LogP contribution in [-0.2, 0) is 0 Å². The van der Waals surface area contributed by atoms with Crippen LogP contribution in [-0.4, -0.2) is 9.49 Å². The van der Waals surface area contributed by atoms with Gasteiger partial charge in [-0.1, -0.05) is 13.8 Å². The van der Waals surface area contributed by atoms with Crippen LogP contribution in [0.15, 0.2) is 0 Å². The van der Waals surface area contributed by atoms with E-state index >= 15 is 0 Å². The summed E-state index contributed by atoms with van der Waals surface area (Å²) in [7, 11) is -1.93. The van der Waals surface area contributed by atoms with Gasteiger partial charge in [0.1, 0.15) is 0 Å². The van der Waals surface area contributed by atoms with Crippen LogP contribution in [0.4, 0.5) is 0 Å². The Kier molecular flexibility index (Phi) is 12.1. The minimum atomic E-state index is -1.93. The van der Waals surface area contributed by atoms with E-state index in [1.165, 1.54) is 0 Å². The quantitative estimate of drug-likeness (QED) is 0.471. The molecule has 0 aliphatic rings. The summed E-state index contributed by atoms with van der Waals surface area (Å²) in [5.41, 5.74) is 0. The van der Waals surface area contributed by atoms with Crippen LogP contribution in [0.2, 0.25) is 0 Å². The maximum atomic E-state index is 3.34. The predicted octanol–water partition coefficient (Wildman–Crippen LogP) is 4.03. The number of hydrogen-bond acceptors (Lipinski definition) is 0. The summed E-state index contributed by atoms with van der Waals surface area (Å²) in [5.74, 6) is 0. The molecule has 46 valence electrons. The first-order chi connectivity index (χ1) is 3.00. The van der Waals surface area contributed by atoms with Crippen molar-refractivity contribution in [3.05, 3.63) is 0 Å². The minimum absolute atomic E-state index is 1.93. The standard InChI is InChI=1S/C2H6.4BrH.Sn/c1-2;;;;;/h1-2H3;4*1H;/q;;;;;+4/p-4. The SMILES string of the molecule is CC.[Br][Sn]([Br])([Br])[Br]. The van der Waals surface area contributed by atoms with E-state index in [4.69, 9.17) is 0 Å². The van der Waals surface area contributed by atoms with Gasteiger partial charge in [-0.15, -0.1) is 0 Å². The van der Waals surface area contributed by atoms with E-state index < -0.39 is 9.49 Å². The first kappa shape index (κ1) is 12.4. The third kappa shape index (κ3) is 53.2. The molecule has 0 aliphatic heterocycles. The molecule has 0 atom stereocenters. The van der Waals surface area contributed by atoms with Crippen molar-refractivity contribution in [1.82, 2.24) is 0 Å². The monoisotopic (exact) mass is 466 g/mol. The van der Waals surface area contributed by atoms with Gasteiger partial charge in [-0.3, -0.25) is 0 Å². The topological polar surface area (TPSA) is 0 Å². The molecule has 0 fully saturated rings. The molecule has 0 amide bonds. The summed E-state index contributed by atoms with van der Waals surface area (Å²) in [6, 6.07) is 0. The molecule has 0 rings (SSSR count). The molecule has 0 bridgehead atoms. The van der Waals surface area contributed by atoms with Gasteiger partial charge in [0.2, 0.25) is 0 Å². The molecule has 0 N–H and O–H groups in total. The fourth-order valence-corrected chi connectivity index (χ4v) is 0. The van der Waals surface area contributed by atoms with Crippen molar-refractivity contribution in [2.45, 2.75) is 13.8 Å². The van der Waals surface area contributed by atoms with Gasteiger partial charge in [0, 0.05) is 0 Å². The Labute approximate surface area is 72.7 Å². The average molecular weight is 468 g/mol. The van der Waals surface area contributed by atoms with Crippen LogP contribution < -0.4 is 0 Å². The molecule has 0 saturated carbocycles. The molecule has 0 saturated heterocycles. The molecular formula is C2H6Br4Sn. The molecule has 0 radical (unpaired) electrons. The summed E-state index contributed by atoms with van der Waals surface area (Å²) < 4.78 is 0. The first-order valence-electron chi connectivity index (χ1n) is 1.76. The fourth-order valence-electron chi connectivity index (χ4n) is 0. The molecule has 5 heteroatoms. The average Bonchev–Trinajstić information content (AvgIpc) is 1.36. The third-order valence-electron chi connectivity index (χ3n) is 0. The Balaban J connectivity index is 0. The van der Waals surface area contributed by atoms with Crippen molar-refractivity contribution in [2.24, 2.45) is 0 Å². The number of hydrogen-bond donors (Lipinski definition) is 0. The molecule has 7 heavy (non-hydrogen) atoms. The van der Waals surface area contributed by atoms with Gasteiger partial charge in [-0.05, 0) is 0 Å². The fraction of sp³-hybridized carbons (Fsp3) is 1.00. The zero-order chi connectivity index (χ0) is 6.50. The van der Waals surface area contributed by atoms with Crippen molar-refractivity contribution < 1.29 is 0 Å². The predicted molar refractivity (Wildman–Crippen MR) is 52.8 cm³/mol. The van der Waals surface area contributed by atoms with Gasteiger partial charge in [0.15, 0.2) is 0 Å². The zero-order valence-corrected chi connectivity index (χ0v) is 13.2. The Hall–Kier alpha value is 2.72. The Bertz CT molecular complexity index is 25.2. The van der Waals surface area contributed by atoms with Crippen LogP contribution in [0.25, 0.3) is 0 Å². The van der Waals surface area contributed by atoms with Gasteiger partial charge in [0.25, 0.3) is 0 Å². The van der Waals surface area contributed by atoms with Crippen LogP contribution in [0.3, 0.4) is 0 Å². The van der Waals surface area contributed by atoms with E-state index in [2.05, 4.69) is 50.8 Å². The van der Waals surface area contributed by atoms with Crippen molar-refractivity contribution >= 4 is 60.3 Å². The summed E-state index contributed by atoms with van der Waals surface area (Å²) >= 11 is 13.3. The molecule has 0 aromatic rings. The Morgan fingerprint density at radius 3 is 0.857 bits per heavy atom. The van der Waals surface area contributed by atoms with E-state index in [-0.39, 0.29) is 0 Å². The third-order valence-corrected chi connectivity index (χ3v) is 0. The van der Waals surface area contributed by atoms with Gasteiger partial charge in [-0.2, -0.15) is 0 Å². The van der Waals surface area contributed by atoms with E-state index in [0.717, 1.165) is 0 Å². The molecule has 0 nitrogen and oxygen atoms in total. The first-order valence-corrected chi connectivity index (χ1v) is 27.3. The van der Waals surface area contributed by atoms with E-state index in [1.807, 2.05) is 13.8 Å². The van der Waals surface area contributed by atoms with E-state index in [1.54, 1.807) is 0 Å². The van der Waals surface area contributed by atoms with Crippen molar-refractivity contribution in [1.29, 1.82) is 0 Å². The van der Waals surface area contributed by atoms with Crippen LogP contribution in [0.5, 0.6) is 0 Å². The van der Waals surface area contributed by atoms with E-state index in [9.17, 15) is 0 Å². The van der Waals surface area contributed by atoms with Gasteiger partial charge in [-0.25, -0.2) is 0 Å². The summed E-state index contributed by atoms with van der Waals surface area (Å²) in [4.78, 5) is 0. The van der Waals surface area contributed by atoms with Gasteiger partial charge in [0.05, 0.1) is 0 Å². The Morgan fingerprint density at radius 1 is 0.857 bits per heavy atom. The molecule has 0 spiro atoms.